The topological polar surface area (TPSA) is 112 Å². The lowest BCUT2D eigenvalue weighted by atomic mass is 10.2. The number of aromatic hydroxyl groups is 1. The van der Waals surface area contributed by atoms with Crippen LogP contribution in [0.3, 0.4) is 0 Å². The second kappa shape index (κ2) is 8.06. The van der Waals surface area contributed by atoms with Crippen molar-refractivity contribution in [2.45, 2.75) is 13.5 Å². The molecule has 0 spiro atoms. The summed E-state index contributed by atoms with van der Waals surface area (Å²) in [6.45, 7) is 5.05. The molecule has 1 aromatic carbocycles. The Labute approximate surface area is 148 Å². The number of anilines is 1. The minimum Gasteiger partial charge on any atom is -0.494 e. The third kappa shape index (κ3) is 4.42. The standard InChI is InChI=1S/C16H17N5O3S/c1-3-9-21-14(23)12(13(22)18-16(21)24)10(2)19-20-15(25)17-11-7-5-4-6-8-11/h3-8,23H,1,9H2,2H3,(H2,17,20,25)(H,18,22,24)/b19-10-. The zero-order valence-electron chi connectivity index (χ0n) is 13.4. The molecule has 2 rings (SSSR count). The van der Waals surface area contributed by atoms with Crippen LogP contribution in [0, 0.1) is 0 Å². The third-order valence-electron chi connectivity index (χ3n) is 3.20. The van der Waals surface area contributed by atoms with Crippen molar-refractivity contribution in [1.82, 2.24) is 15.0 Å². The van der Waals surface area contributed by atoms with E-state index < -0.39 is 17.1 Å². The lowest BCUT2D eigenvalue weighted by Crippen LogP contribution is -2.34. The fourth-order valence-electron chi connectivity index (χ4n) is 2.06. The number of aromatic nitrogens is 2. The number of benzene rings is 1. The molecule has 8 nitrogen and oxygen atoms in total. The first-order valence-electron chi connectivity index (χ1n) is 7.27. The number of hydrazone groups is 1. The Balaban J connectivity index is 2.23. The molecule has 25 heavy (non-hydrogen) atoms. The molecular formula is C16H17N5O3S. The van der Waals surface area contributed by atoms with Crippen molar-refractivity contribution in [3.8, 4) is 5.88 Å². The van der Waals surface area contributed by atoms with Crippen LogP contribution < -0.4 is 22.0 Å². The van der Waals surface area contributed by atoms with Crippen molar-refractivity contribution < 1.29 is 5.11 Å². The number of rotatable bonds is 5. The summed E-state index contributed by atoms with van der Waals surface area (Å²) < 4.78 is 0.975. The van der Waals surface area contributed by atoms with Crippen LogP contribution in [0.25, 0.3) is 0 Å². The van der Waals surface area contributed by atoms with E-state index in [0.29, 0.717) is 0 Å². The first-order chi connectivity index (χ1) is 11.9. The van der Waals surface area contributed by atoms with Crippen LogP contribution in [0.15, 0.2) is 57.7 Å². The monoisotopic (exact) mass is 359 g/mol. The first-order valence-corrected chi connectivity index (χ1v) is 7.68. The van der Waals surface area contributed by atoms with Gasteiger partial charge in [-0.05, 0) is 31.3 Å². The van der Waals surface area contributed by atoms with E-state index in [1.165, 1.54) is 13.0 Å². The van der Waals surface area contributed by atoms with E-state index in [0.717, 1.165) is 10.3 Å². The molecule has 0 bridgehead atoms. The molecular weight excluding hydrogens is 342 g/mol. The Hall–Kier alpha value is -3.20. The van der Waals surface area contributed by atoms with Gasteiger partial charge in [-0.2, -0.15) is 5.10 Å². The van der Waals surface area contributed by atoms with Crippen LogP contribution in [-0.2, 0) is 6.54 Å². The maximum absolute atomic E-state index is 12.0. The van der Waals surface area contributed by atoms with Crippen LogP contribution in [0.2, 0.25) is 0 Å². The largest absolute Gasteiger partial charge is 0.494 e. The summed E-state index contributed by atoms with van der Waals surface area (Å²) in [6, 6.07) is 9.22. The minimum absolute atomic E-state index is 0.0448. The zero-order chi connectivity index (χ0) is 18.4. The number of hydrogen-bond acceptors (Lipinski definition) is 5. The number of aromatic amines is 1. The summed E-state index contributed by atoms with van der Waals surface area (Å²) in [5, 5.41) is 17.3. The lowest BCUT2D eigenvalue weighted by Gasteiger charge is -2.10. The molecule has 0 radical (unpaired) electrons. The van der Waals surface area contributed by atoms with Gasteiger partial charge in [0, 0.05) is 12.2 Å². The van der Waals surface area contributed by atoms with E-state index in [1.807, 2.05) is 30.3 Å². The number of para-hydroxylation sites is 1. The van der Waals surface area contributed by atoms with E-state index in [9.17, 15) is 14.7 Å². The molecule has 9 heteroatoms. The average Bonchev–Trinajstić information content (AvgIpc) is 2.57. The molecule has 0 saturated heterocycles. The zero-order valence-corrected chi connectivity index (χ0v) is 14.3. The van der Waals surface area contributed by atoms with Gasteiger partial charge in [-0.15, -0.1) is 6.58 Å². The van der Waals surface area contributed by atoms with Gasteiger partial charge in [0.2, 0.25) is 5.88 Å². The van der Waals surface area contributed by atoms with Crippen LogP contribution in [0.1, 0.15) is 12.5 Å². The third-order valence-corrected chi connectivity index (χ3v) is 3.40. The molecule has 0 amide bonds. The second-order valence-corrected chi connectivity index (χ2v) is 5.39. The van der Waals surface area contributed by atoms with Crippen molar-refractivity contribution in [3.63, 3.8) is 0 Å². The number of nitrogens with one attached hydrogen (secondary N) is 3. The molecule has 1 aromatic heterocycles. The van der Waals surface area contributed by atoms with Gasteiger partial charge in [-0.3, -0.25) is 19.8 Å². The Morgan fingerprint density at radius 1 is 1.40 bits per heavy atom. The van der Waals surface area contributed by atoms with Gasteiger partial charge in [-0.1, -0.05) is 24.3 Å². The van der Waals surface area contributed by atoms with Crippen molar-refractivity contribution in [1.29, 1.82) is 0 Å². The van der Waals surface area contributed by atoms with E-state index in [4.69, 9.17) is 12.2 Å². The first kappa shape index (κ1) is 18.1. The molecule has 4 N–H and O–H groups in total. The molecule has 0 unspecified atom stereocenters. The number of nitrogens with zero attached hydrogens (tertiary/aromatic N) is 2. The van der Waals surface area contributed by atoms with E-state index >= 15 is 0 Å². The predicted molar refractivity (Wildman–Crippen MR) is 101 cm³/mol. The van der Waals surface area contributed by atoms with E-state index in [-0.39, 0.29) is 22.9 Å². The van der Waals surface area contributed by atoms with Gasteiger partial charge < -0.3 is 10.4 Å². The molecule has 0 saturated carbocycles. The Bertz CT molecular complexity index is 931. The van der Waals surface area contributed by atoms with E-state index in [1.54, 1.807) is 0 Å². The second-order valence-electron chi connectivity index (χ2n) is 4.99. The Kier molecular flexibility index (Phi) is 5.85. The summed E-state index contributed by atoms with van der Waals surface area (Å²) >= 11 is 5.11. The normalized spacial score (nSPS) is 11.0. The molecule has 0 aliphatic rings. The van der Waals surface area contributed by atoms with Gasteiger partial charge in [0.1, 0.15) is 5.56 Å². The van der Waals surface area contributed by atoms with E-state index in [2.05, 4.69) is 27.4 Å². The molecule has 0 atom stereocenters. The number of allylic oxidation sites excluding steroid dienone is 1. The highest BCUT2D eigenvalue weighted by atomic mass is 32.1. The molecule has 1 heterocycles. The lowest BCUT2D eigenvalue weighted by molar-refractivity contribution is 0.409. The number of H-pyrrole nitrogens is 1. The molecule has 0 aliphatic heterocycles. The van der Waals surface area contributed by atoms with Gasteiger partial charge in [-0.25, -0.2) is 4.79 Å². The summed E-state index contributed by atoms with van der Waals surface area (Å²) in [6.07, 6.45) is 1.42. The molecule has 2 aromatic rings. The van der Waals surface area contributed by atoms with Crippen LogP contribution in [-0.4, -0.2) is 25.5 Å². The number of thiocarbonyl (C=S) groups is 1. The molecule has 130 valence electrons. The summed E-state index contributed by atoms with van der Waals surface area (Å²) in [4.78, 5) is 25.8. The van der Waals surface area contributed by atoms with Gasteiger partial charge in [0.15, 0.2) is 5.11 Å². The Morgan fingerprint density at radius 2 is 2.08 bits per heavy atom. The fourth-order valence-corrected chi connectivity index (χ4v) is 2.22. The quantitative estimate of drug-likeness (QED) is 0.276. The van der Waals surface area contributed by atoms with Gasteiger partial charge in [0.05, 0.1) is 5.71 Å². The van der Waals surface area contributed by atoms with Gasteiger partial charge >= 0.3 is 5.69 Å². The SMILES string of the molecule is C=CCn1c(O)c(/C(C)=N\NC(=S)Nc2ccccc2)c(=O)[nH]c1=O. The highest BCUT2D eigenvalue weighted by Crippen LogP contribution is 2.11. The Morgan fingerprint density at radius 3 is 2.72 bits per heavy atom. The smallest absolute Gasteiger partial charge is 0.331 e. The predicted octanol–water partition coefficient (Wildman–Crippen LogP) is 1.14. The number of hydrogen-bond donors (Lipinski definition) is 4. The van der Waals surface area contributed by atoms with Crippen molar-refractivity contribution >= 4 is 28.7 Å². The van der Waals surface area contributed by atoms with Crippen LogP contribution >= 0.6 is 12.2 Å². The maximum atomic E-state index is 12.0. The fraction of sp³-hybridized carbons (Fsp3) is 0.125. The average molecular weight is 359 g/mol. The van der Waals surface area contributed by atoms with Crippen molar-refractivity contribution in [2.24, 2.45) is 5.10 Å². The highest BCUT2D eigenvalue weighted by molar-refractivity contribution is 7.80. The molecule has 0 aliphatic carbocycles. The van der Waals surface area contributed by atoms with Crippen LogP contribution in [0.4, 0.5) is 5.69 Å². The summed E-state index contributed by atoms with van der Waals surface area (Å²) in [5.41, 5.74) is 1.92. The van der Waals surface area contributed by atoms with Crippen LogP contribution in [0.5, 0.6) is 5.88 Å². The summed E-state index contributed by atoms with van der Waals surface area (Å²) in [7, 11) is 0. The van der Waals surface area contributed by atoms with Crippen molar-refractivity contribution in [3.05, 3.63) is 69.4 Å². The summed E-state index contributed by atoms with van der Waals surface area (Å²) in [5.74, 6) is -0.487. The molecule has 0 fully saturated rings. The minimum atomic E-state index is -0.743. The van der Waals surface area contributed by atoms with Crippen molar-refractivity contribution in [2.75, 3.05) is 5.32 Å². The highest BCUT2D eigenvalue weighted by Gasteiger charge is 2.16. The maximum Gasteiger partial charge on any atom is 0.331 e. The van der Waals surface area contributed by atoms with Gasteiger partial charge in [0.25, 0.3) is 5.56 Å².